The molecule has 0 bridgehead atoms. The number of imidazole rings is 1. The lowest BCUT2D eigenvalue weighted by atomic mass is 9.55. The molecule has 0 amide bonds. The molecule has 1 N–H and O–H groups in total. The molecule has 2 aromatic heterocycles. The number of methoxy groups -OCH3 is 1. The Morgan fingerprint density at radius 2 is 2.16 bits per heavy atom. The van der Waals surface area contributed by atoms with Crippen LogP contribution in [0.5, 0.6) is 5.75 Å². The monoisotopic (exact) mass is 434 g/mol. The molecule has 1 aromatic carbocycles. The number of aromatic nitrogens is 4. The summed E-state index contributed by atoms with van der Waals surface area (Å²) in [6.07, 6.45) is 8.46. The molecule has 0 spiro atoms. The lowest BCUT2D eigenvalue weighted by Gasteiger charge is -2.48. The van der Waals surface area contributed by atoms with Crippen molar-refractivity contribution in [3.63, 3.8) is 0 Å². The van der Waals surface area contributed by atoms with Gasteiger partial charge in [0.15, 0.2) is 10.4 Å². The number of fused-ring (bicyclic) bond motifs is 6. The second kappa shape index (κ2) is 6.73. The van der Waals surface area contributed by atoms with Gasteiger partial charge in [-0.25, -0.2) is 9.97 Å². The van der Waals surface area contributed by atoms with Gasteiger partial charge in [-0.1, -0.05) is 25.2 Å². The van der Waals surface area contributed by atoms with E-state index in [-0.39, 0.29) is 11.5 Å². The molecule has 6 nitrogen and oxygen atoms in total. The van der Waals surface area contributed by atoms with Gasteiger partial charge in [0.2, 0.25) is 0 Å². The van der Waals surface area contributed by atoms with E-state index in [1.807, 2.05) is 4.57 Å². The summed E-state index contributed by atoms with van der Waals surface area (Å²) in [5.41, 5.74) is 4.10. The number of carbonyl (C=O) groups excluding carboxylic acids is 1. The van der Waals surface area contributed by atoms with Crippen LogP contribution in [0.1, 0.15) is 55.7 Å². The first kappa shape index (κ1) is 19.2. The van der Waals surface area contributed by atoms with Crippen molar-refractivity contribution in [2.24, 2.45) is 17.3 Å². The standard InChI is InChI=1S/C24H26N4O2S/c1-24-8-7-16-15-6-4-14(30-2)9-13(15)3-5-17(16)18(24)10-19(21(24)29)28-12-27-20-22(28)25-11-26-23(20)31/h4,6,9,11-12,16-19H,3,5,7-8,10H2,1-2H3,(H,25,26,31)/t16-,17-,18-,19-,24+/m0/s1. The van der Waals surface area contributed by atoms with E-state index in [9.17, 15) is 4.79 Å². The molecule has 160 valence electrons. The van der Waals surface area contributed by atoms with Crippen molar-refractivity contribution in [3.8, 4) is 5.75 Å². The first-order valence-corrected chi connectivity index (χ1v) is 11.5. The predicted molar refractivity (Wildman–Crippen MR) is 120 cm³/mol. The highest BCUT2D eigenvalue weighted by Gasteiger charge is 2.58. The molecule has 0 radical (unpaired) electrons. The zero-order chi connectivity index (χ0) is 21.3. The number of hydrogen-bond donors (Lipinski definition) is 1. The van der Waals surface area contributed by atoms with E-state index in [1.54, 1.807) is 19.8 Å². The molecule has 31 heavy (non-hydrogen) atoms. The number of H-pyrrole nitrogens is 1. The van der Waals surface area contributed by atoms with Gasteiger partial charge >= 0.3 is 0 Å². The minimum Gasteiger partial charge on any atom is -0.497 e. The lowest BCUT2D eigenvalue weighted by Crippen LogP contribution is -2.42. The maximum Gasteiger partial charge on any atom is 0.161 e. The number of rotatable bonds is 2. The quantitative estimate of drug-likeness (QED) is 0.588. The number of aromatic amines is 1. The summed E-state index contributed by atoms with van der Waals surface area (Å²) >= 11 is 5.33. The maximum absolute atomic E-state index is 13.8. The fourth-order valence-electron chi connectivity index (χ4n) is 6.82. The first-order valence-electron chi connectivity index (χ1n) is 11.1. The zero-order valence-electron chi connectivity index (χ0n) is 17.8. The van der Waals surface area contributed by atoms with Crippen LogP contribution in [0.2, 0.25) is 0 Å². The number of Topliss-reactive ketones (excluding diaryl/α,β-unsaturated/α-hetero) is 1. The SMILES string of the molecule is COc1ccc2c(c1)CC[C@H]1[C@H]2CC[C@@]2(C)C(=O)[C@@H](n3cnc4c(=S)nc[nH]c43)C[C@@H]12. The van der Waals surface area contributed by atoms with Crippen LogP contribution in [0, 0.1) is 21.9 Å². The molecule has 6 rings (SSSR count). The second-order valence-electron chi connectivity index (χ2n) is 9.61. The molecule has 0 aliphatic heterocycles. The van der Waals surface area contributed by atoms with E-state index in [1.165, 1.54) is 11.1 Å². The molecule has 0 saturated heterocycles. The van der Waals surface area contributed by atoms with E-state index in [0.29, 0.717) is 33.7 Å². The normalized spacial score (nSPS) is 31.9. The van der Waals surface area contributed by atoms with Crippen molar-refractivity contribution < 1.29 is 9.53 Å². The Bertz CT molecular complexity index is 1260. The summed E-state index contributed by atoms with van der Waals surface area (Å²) in [6.45, 7) is 2.21. The smallest absolute Gasteiger partial charge is 0.161 e. The van der Waals surface area contributed by atoms with Crippen LogP contribution in [-0.2, 0) is 11.2 Å². The number of carbonyl (C=O) groups is 1. The molecule has 2 fully saturated rings. The molecule has 3 aliphatic carbocycles. The van der Waals surface area contributed by atoms with Crippen molar-refractivity contribution in [1.82, 2.24) is 19.5 Å². The van der Waals surface area contributed by atoms with Gasteiger partial charge in [0.1, 0.15) is 16.9 Å². The first-order chi connectivity index (χ1) is 15.0. The number of aryl methyl sites for hydroxylation is 1. The van der Waals surface area contributed by atoms with Crippen molar-refractivity contribution in [1.29, 1.82) is 0 Å². The summed E-state index contributed by atoms with van der Waals surface area (Å²) in [6, 6.07) is 6.36. The van der Waals surface area contributed by atoms with Crippen LogP contribution in [-0.4, -0.2) is 32.4 Å². The zero-order valence-corrected chi connectivity index (χ0v) is 18.6. The third-order valence-corrected chi connectivity index (χ3v) is 8.68. The van der Waals surface area contributed by atoms with Crippen LogP contribution in [0.25, 0.3) is 11.2 Å². The second-order valence-corrected chi connectivity index (χ2v) is 10.00. The average Bonchev–Trinajstić information content (AvgIpc) is 3.33. The fourth-order valence-corrected chi connectivity index (χ4v) is 7.03. The summed E-state index contributed by atoms with van der Waals surface area (Å²) < 4.78 is 7.93. The van der Waals surface area contributed by atoms with Crippen LogP contribution in [0.15, 0.2) is 30.9 Å². The van der Waals surface area contributed by atoms with Gasteiger partial charge in [-0.2, -0.15) is 0 Å². The minimum atomic E-state index is -0.268. The molecule has 3 aromatic rings. The Hall–Kier alpha value is -2.54. The molecule has 7 heteroatoms. The van der Waals surface area contributed by atoms with E-state index in [2.05, 4.69) is 40.1 Å². The molecule has 3 aliphatic rings. The summed E-state index contributed by atoms with van der Waals surface area (Å²) in [7, 11) is 1.73. The fraction of sp³-hybridized carbons (Fsp3) is 0.500. The third kappa shape index (κ3) is 2.62. The average molecular weight is 435 g/mol. The van der Waals surface area contributed by atoms with Gasteiger partial charge in [0.05, 0.1) is 25.8 Å². The number of ether oxygens (including phenoxy) is 1. The lowest BCUT2D eigenvalue weighted by molar-refractivity contribution is -0.131. The summed E-state index contributed by atoms with van der Waals surface area (Å²) in [5, 5.41) is 0. The Kier molecular flexibility index (Phi) is 4.16. The van der Waals surface area contributed by atoms with E-state index in [4.69, 9.17) is 17.0 Å². The number of hydrogen-bond acceptors (Lipinski definition) is 5. The van der Waals surface area contributed by atoms with Crippen molar-refractivity contribution >= 4 is 29.2 Å². The van der Waals surface area contributed by atoms with Crippen LogP contribution < -0.4 is 4.74 Å². The molecule has 2 saturated carbocycles. The highest BCUT2D eigenvalue weighted by molar-refractivity contribution is 7.71. The van der Waals surface area contributed by atoms with E-state index < -0.39 is 0 Å². The van der Waals surface area contributed by atoms with Crippen LogP contribution >= 0.6 is 12.2 Å². The number of nitrogens with zero attached hydrogens (tertiary/aromatic N) is 3. The van der Waals surface area contributed by atoms with Gasteiger partial charge in [-0.15, -0.1) is 0 Å². The summed E-state index contributed by atoms with van der Waals surface area (Å²) in [4.78, 5) is 25.5. The molecule has 5 atom stereocenters. The van der Waals surface area contributed by atoms with E-state index >= 15 is 0 Å². The third-order valence-electron chi connectivity index (χ3n) is 8.38. The minimum absolute atomic E-state index is 0.191. The van der Waals surface area contributed by atoms with Gasteiger partial charge < -0.3 is 14.3 Å². The molecule has 2 heterocycles. The van der Waals surface area contributed by atoms with Gasteiger partial charge in [0, 0.05) is 5.41 Å². The van der Waals surface area contributed by atoms with Crippen molar-refractivity contribution in [3.05, 3.63) is 46.6 Å². The van der Waals surface area contributed by atoms with Crippen molar-refractivity contribution in [2.75, 3.05) is 7.11 Å². The molecular weight excluding hydrogens is 408 g/mol. The molecular formula is C24H26N4O2S. The van der Waals surface area contributed by atoms with Gasteiger partial charge in [-0.05, 0) is 73.1 Å². The number of benzene rings is 1. The van der Waals surface area contributed by atoms with Crippen LogP contribution in [0.3, 0.4) is 0 Å². The number of nitrogens with one attached hydrogen (secondary N) is 1. The maximum atomic E-state index is 13.8. The van der Waals surface area contributed by atoms with E-state index in [0.717, 1.165) is 43.5 Å². The largest absolute Gasteiger partial charge is 0.497 e. The Morgan fingerprint density at radius 1 is 1.29 bits per heavy atom. The summed E-state index contributed by atoms with van der Waals surface area (Å²) in [5.74, 6) is 2.76. The van der Waals surface area contributed by atoms with Crippen molar-refractivity contribution in [2.45, 2.75) is 51.0 Å². The highest BCUT2D eigenvalue weighted by Crippen LogP contribution is 2.61. The molecule has 0 unspecified atom stereocenters. The number of ketones is 1. The Balaban J connectivity index is 1.38. The van der Waals surface area contributed by atoms with Gasteiger partial charge in [-0.3, -0.25) is 4.79 Å². The highest BCUT2D eigenvalue weighted by atomic mass is 32.1. The predicted octanol–water partition coefficient (Wildman–Crippen LogP) is 4.77. The van der Waals surface area contributed by atoms with Gasteiger partial charge in [0.25, 0.3) is 0 Å². The Labute approximate surface area is 186 Å². The Morgan fingerprint density at radius 3 is 3.00 bits per heavy atom. The topological polar surface area (TPSA) is 72.8 Å². The van der Waals surface area contributed by atoms with Crippen LogP contribution in [0.4, 0.5) is 0 Å².